The molecule has 0 saturated heterocycles. The second-order valence-electron chi connectivity index (χ2n) is 5.31. The summed E-state index contributed by atoms with van der Waals surface area (Å²) in [5.41, 5.74) is 5.58. The maximum absolute atomic E-state index is 4.52. The molecule has 0 saturated carbocycles. The van der Waals surface area contributed by atoms with E-state index in [0.29, 0.717) is 5.92 Å². The Morgan fingerprint density at radius 1 is 1.26 bits per heavy atom. The van der Waals surface area contributed by atoms with Gasteiger partial charge in [0, 0.05) is 31.0 Å². The summed E-state index contributed by atoms with van der Waals surface area (Å²) in [4.78, 5) is 4.47. The van der Waals surface area contributed by atoms with E-state index in [1.54, 1.807) is 0 Å². The number of pyridine rings is 1. The summed E-state index contributed by atoms with van der Waals surface area (Å²) in [6.07, 6.45) is 2.08. The maximum Gasteiger partial charge on any atom is 0.0699 e. The van der Waals surface area contributed by atoms with Gasteiger partial charge in [0.1, 0.15) is 0 Å². The molecule has 2 aromatic rings. The summed E-state index contributed by atoms with van der Waals surface area (Å²) in [6.45, 7) is 9.17. The molecular formula is C15H22N4. The number of hydrogen-bond donors (Lipinski definition) is 1. The molecule has 4 heteroatoms. The molecule has 0 bridgehead atoms. The van der Waals surface area contributed by atoms with Crippen molar-refractivity contribution in [3.63, 3.8) is 0 Å². The highest BCUT2D eigenvalue weighted by Crippen LogP contribution is 2.19. The van der Waals surface area contributed by atoms with E-state index >= 15 is 0 Å². The zero-order valence-corrected chi connectivity index (χ0v) is 12.4. The number of aryl methyl sites for hydroxylation is 3. The van der Waals surface area contributed by atoms with E-state index in [1.165, 1.54) is 5.56 Å². The number of rotatable bonds is 4. The molecule has 0 aliphatic rings. The zero-order chi connectivity index (χ0) is 14.0. The predicted octanol–water partition coefficient (Wildman–Crippen LogP) is 3.17. The fourth-order valence-electron chi connectivity index (χ4n) is 2.24. The van der Waals surface area contributed by atoms with Crippen LogP contribution in [0.2, 0.25) is 0 Å². The van der Waals surface area contributed by atoms with E-state index in [-0.39, 0.29) is 0 Å². The molecule has 0 fully saturated rings. The van der Waals surface area contributed by atoms with Gasteiger partial charge >= 0.3 is 0 Å². The van der Waals surface area contributed by atoms with Crippen molar-refractivity contribution in [2.45, 2.75) is 40.2 Å². The van der Waals surface area contributed by atoms with Gasteiger partial charge in [-0.1, -0.05) is 13.8 Å². The van der Waals surface area contributed by atoms with Gasteiger partial charge in [0.15, 0.2) is 0 Å². The van der Waals surface area contributed by atoms with Crippen LogP contribution in [-0.2, 0) is 13.6 Å². The summed E-state index contributed by atoms with van der Waals surface area (Å²) in [5.74, 6) is 0.440. The van der Waals surface area contributed by atoms with Crippen LogP contribution in [0.5, 0.6) is 0 Å². The van der Waals surface area contributed by atoms with Crippen molar-refractivity contribution in [3.05, 3.63) is 41.0 Å². The average molecular weight is 258 g/mol. The van der Waals surface area contributed by atoms with Crippen molar-refractivity contribution >= 4 is 5.69 Å². The topological polar surface area (TPSA) is 42.7 Å². The Bertz CT molecular complexity index is 570. The van der Waals surface area contributed by atoms with Crippen molar-refractivity contribution in [2.24, 2.45) is 7.05 Å². The lowest BCUT2D eigenvalue weighted by atomic mass is 10.1. The first-order valence-electron chi connectivity index (χ1n) is 6.68. The lowest BCUT2D eigenvalue weighted by molar-refractivity contribution is 0.712. The van der Waals surface area contributed by atoms with Crippen LogP contribution in [0.3, 0.4) is 0 Å². The summed E-state index contributed by atoms with van der Waals surface area (Å²) in [5, 5.41) is 7.97. The van der Waals surface area contributed by atoms with Gasteiger partial charge in [-0.3, -0.25) is 9.67 Å². The highest BCUT2D eigenvalue weighted by molar-refractivity contribution is 5.48. The van der Waals surface area contributed by atoms with Crippen LogP contribution >= 0.6 is 0 Å². The van der Waals surface area contributed by atoms with Gasteiger partial charge in [0.05, 0.1) is 17.1 Å². The molecule has 0 spiro atoms. The molecule has 0 amide bonds. The van der Waals surface area contributed by atoms with Crippen LogP contribution in [-0.4, -0.2) is 14.8 Å². The molecule has 19 heavy (non-hydrogen) atoms. The van der Waals surface area contributed by atoms with Crippen molar-refractivity contribution in [1.29, 1.82) is 0 Å². The number of nitrogens with one attached hydrogen (secondary N) is 1. The smallest absolute Gasteiger partial charge is 0.0699 e. The van der Waals surface area contributed by atoms with Crippen LogP contribution < -0.4 is 5.32 Å². The Morgan fingerprint density at radius 2 is 2.00 bits per heavy atom. The quantitative estimate of drug-likeness (QED) is 0.916. The average Bonchev–Trinajstić information content (AvgIpc) is 2.69. The summed E-state index contributed by atoms with van der Waals surface area (Å²) < 4.78 is 1.88. The van der Waals surface area contributed by atoms with E-state index in [1.807, 2.05) is 31.6 Å². The molecule has 4 nitrogen and oxygen atoms in total. The first kappa shape index (κ1) is 13.6. The molecule has 0 aromatic carbocycles. The molecule has 0 radical (unpaired) electrons. The van der Waals surface area contributed by atoms with E-state index < -0.39 is 0 Å². The highest BCUT2D eigenvalue weighted by Gasteiger charge is 2.11. The Labute approximate surface area is 114 Å². The van der Waals surface area contributed by atoms with Crippen molar-refractivity contribution in [1.82, 2.24) is 14.8 Å². The molecule has 1 N–H and O–H groups in total. The molecule has 0 atom stereocenters. The van der Waals surface area contributed by atoms with Crippen LogP contribution in [0.15, 0.2) is 18.3 Å². The number of aromatic nitrogens is 3. The second kappa shape index (κ2) is 5.43. The fourth-order valence-corrected chi connectivity index (χ4v) is 2.24. The van der Waals surface area contributed by atoms with Crippen molar-refractivity contribution in [2.75, 3.05) is 5.32 Å². The highest BCUT2D eigenvalue weighted by atomic mass is 15.3. The summed E-state index contributed by atoms with van der Waals surface area (Å²) in [7, 11) is 1.97. The molecule has 0 aliphatic heterocycles. The van der Waals surface area contributed by atoms with Gasteiger partial charge in [0.25, 0.3) is 0 Å². The lowest BCUT2D eigenvalue weighted by Gasteiger charge is -2.10. The molecule has 2 aromatic heterocycles. The van der Waals surface area contributed by atoms with Gasteiger partial charge in [-0.25, -0.2) is 0 Å². The number of anilines is 1. The van der Waals surface area contributed by atoms with Gasteiger partial charge in [-0.15, -0.1) is 0 Å². The van der Waals surface area contributed by atoms with Crippen LogP contribution in [0.1, 0.15) is 42.4 Å². The second-order valence-corrected chi connectivity index (χ2v) is 5.31. The normalized spacial score (nSPS) is 11.1. The van der Waals surface area contributed by atoms with E-state index in [2.05, 4.69) is 41.5 Å². The van der Waals surface area contributed by atoms with Gasteiger partial charge in [0.2, 0.25) is 0 Å². The minimum absolute atomic E-state index is 0.440. The Balaban J connectivity index is 2.14. The minimum atomic E-state index is 0.440. The van der Waals surface area contributed by atoms with Crippen LogP contribution in [0, 0.1) is 13.8 Å². The van der Waals surface area contributed by atoms with Gasteiger partial charge in [-0.2, -0.15) is 5.10 Å². The Hall–Kier alpha value is -1.84. The third-order valence-corrected chi connectivity index (χ3v) is 3.18. The third kappa shape index (κ3) is 3.13. The molecule has 2 rings (SSSR count). The van der Waals surface area contributed by atoms with Gasteiger partial charge in [-0.05, 0) is 31.9 Å². The molecule has 0 aliphatic carbocycles. The molecular weight excluding hydrogens is 236 g/mol. The standard InChI is InChI=1S/C15H22N4/c1-10(2)15-13(9-19(5)18-15)8-16-14-7-6-11(3)17-12(14)4/h6-7,9-10,16H,8H2,1-5H3. The van der Waals surface area contributed by atoms with Crippen molar-refractivity contribution in [3.8, 4) is 0 Å². The van der Waals surface area contributed by atoms with Crippen LogP contribution in [0.25, 0.3) is 0 Å². The fraction of sp³-hybridized carbons (Fsp3) is 0.467. The van der Waals surface area contributed by atoms with E-state index in [4.69, 9.17) is 0 Å². The monoisotopic (exact) mass is 258 g/mol. The third-order valence-electron chi connectivity index (χ3n) is 3.18. The maximum atomic E-state index is 4.52. The zero-order valence-electron chi connectivity index (χ0n) is 12.4. The first-order valence-corrected chi connectivity index (χ1v) is 6.68. The number of nitrogens with zero attached hydrogens (tertiary/aromatic N) is 3. The Morgan fingerprint density at radius 3 is 2.63 bits per heavy atom. The first-order chi connectivity index (χ1) is 8.97. The molecule has 0 unspecified atom stereocenters. The summed E-state index contributed by atoms with van der Waals surface area (Å²) >= 11 is 0. The largest absolute Gasteiger partial charge is 0.379 e. The lowest BCUT2D eigenvalue weighted by Crippen LogP contribution is -2.04. The Kier molecular flexibility index (Phi) is 3.88. The molecule has 102 valence electrons. The van der Waals surface area contributed by atoms with Crippen molar-refractivity contribution < 1.29 is 0 Å². The van der Waals surface area contributed by atoms with Gasteiger partial charge < -0.3 is 5.32 Å². The van der Waals surface area contributed by atoms with Crippen LogP contribution in [0.4, 0.5) is 5.69 Å². The van der Waals surface area contributed by atoms with E-state index in [9.17, 15) is 0 Å². The summed E-state index contributed by atoms with van der Waals surface area (Å²) in [6, 6.07) is 4.12. The van der Waals surface area contributed by atoms with E-state index in [0.717, 1.165) is 29.3 Å². The predicted molar refractivity (Wildman–Crippen MR) is 78.3 cm³/mol. The molecule has 2 heterocycles. The SMILES string of the molecule is Cc1ccc(NCc2cn(C)nc2C(C)C)c(C)n1. The number of hydrogen-bond acceptors (Lipinski definition) is 3. The minimum Gasteiger partial charge on any atom is -0.379 e.